The van der Waals surface area contributed by atoms with Crippen molar-refractivity contribution >= 4 is 28.9 Å². The summed E-state index contributed by atoms with van der Waals surface area (Å²) in [4.78, 5) is 20.3. The molecule has 5 heteroatoms. The molecular weight excluding hydrogens is 254 g/mol. The summed E-state index contributed by atoms with van der Waals surface area (Å²) >= 11 is 0. The molecule has 1 aromatic carbocycles. The lowest BCUT2D eigenvalue weighted by Gasteiger charge is -2.09. The van der Waals surface area contributed by atoms with Gasteiger partial charge in [-0.25, -0.2) is 14.8 Å². The van der Waals surface area contributed by atoms with E-state index in [4.69, 9.17) is 4.74 Å². The fraction of sp³-hybridized carbons (Fsp3) is 0.267. The number of benzene rings is 1. The summed E-state index contributed by atoms with van der Waals surface area (Å²) in [6.45, 7) is 6.03. The maximum atomic E-state index is 11.3. The van der Waals surface area contributed by atoms with Gasteiger partial charge in [-0.1, -0.05) is 0 Å². The number of aliphatic imine (C=N–C) groups is 2. The third-order valence-corrected chi connectivity index (χ3v) is 3.59. The Morgan fingerprint density at radius 1 is 1.20 bits per heavy atom. The van der Waals surface area contributed by atoms with Crippen LogP contribution in [0.3, 0.4) is 0 Å². The van der Waals surface area contributed by atoms with Crippen molar-refractivity contribution in [3.8, 4) is 5.75 Å². The summed E-state index contributed by atoms with van der Waals surface area (Å²) in [7, 11) is 1.53. The molecule has 0 atom stereocenters. The van der Waals surface area contributed by atoms with Gasteiger partial charge in [-0.2, -0.15) is 0 Å². The Balaban J connectivity index is 2.08. The van der Waals surface area contributed by atoms with E-state index >= 15 is 0 Å². The number of fused-ring (bicyclic) bond motifs is 3. The van der Waals surface area contributed by atoms with Crippen molar-refractivity contribution in [2.75, 3.05) is 7.05 Å². The third-order valence-electron chi connectivity index (χ3n) is 3.59. The normalized spacial score (nSPS) is 15.6. The molecule has 1 aromatic rings. The van der Waals surface area contributed by atoms with Gasteiger partial charge in [0.2, 0.25) is 0 Å². The molecule has 0 saturated carbocycles. The SMILES string of the molecule is CNC(=O)Oc1cc(C)c2c(c1)N=C1N=C(C)C(C)=C12. The van der Waals surface area contributed by atoms with Gasteiger partial charge in [0.1, 0.15) is 5.75 Å². The molecule has 1 N–H and O–H groups in total. The second-order valence-corrected chi connectivity index (χ2v) is 4.91. The van der Waals surface area contributed by atoms with Crippen molar-refractivity contribution in [1.29, 1.82) is 0 Å². The lowest BCUT2D eigenvalue weighted by molar-refractivity contribution is 0.203. The molecule has 2 heterocycles. The second kappa shape index (κ2) is 4.30. The number of allylic oxidation sites excluding steroid dienone is 1. The molecule has 0 aliphatic carbocycles. The molecule has 2 aliphatic heterocycles. The number of nitrogens with one attached hydrogen (secondary N) is 1. The summed E-state index contributed by atoms with van der Waals surface area (Å²) in [6.07, 6.45) is -0.487. The third kappa shape index (κ3) is 1.74. The van der Waals surface area contributed by atoms with Crippen LogP contribution in [0.25, 0.3) is 5.57 Å². The first kappa shape index (κ1) is 12.6. The molecule has 0 bridgehead atoms. The van der Waals surface area contributed by atoms with E-state index < -0.39 is 6.09 Å². The van der Waals surface area contributed by atoms with Crippen LogP contribution in [-0.2, 0) is 0 Å². The number of rotatable bonds is 1. The number of hydrogen-bond donors (Lipinski definition) is 1. The van der Waals surface area contributed by atoms with Gasteiger partial charge in [-0.05, 0) is 38.0 Å². The van der Waals surface area contributed by atoms with E-state index in [1.165, 1.54) is 7.05 Å². The van der Waals surface area contributed by atoms with Gasteiger partial charge in [0.25, 0.3) is 0 Å². The number of ether oxygens (including phenoxy) is 1. The molecule has 5 nitrogen and oxygen atoms in total. The van der Waals surface area contributed by atoms with E-state index in [0.717, 1.165) is 39.5 Å². The van der Waals surface area contributed by atoms with Crippen molar-refractivity contribution in [3.63, 3.8) is 0 Å². The quantitative estimate of drug-likeness (QED) is 0.851. The number of hydrogen-bond acceptors (Lipinski definition) is 4. The van der Waals surface area contributed by atoms with Crippen LogP contribution in [0.2, 0.25) is 0 Å². The van der Waals surface area contributed by atoms with Gasteiger partial charge in [0.15, 0.2) is 5.84 Å². The van der Waals surface area contributed by atoms with Gasteiger partial charge < -0.3 is 10.1 Å². The second-order valence-electron chi connectivity index (χ2n) is 4.91. The standard InChI is InChI=1S/C15H15N3O2/c1-7-5-10(20-15(19)16-4)6-11-12(7)13-8(2)9(3)17-14(13)18-11/h5-6H,1-4H3,(H,16,19). The van der Waals surface area contributed by atoms with Gasteiger partial charge in [-0.3, -0.25) is 0 Å². The van der Waals surface area contributed by atoms with Crippen LogP contribution < -0.4 is 10.1 Å². The molecule has 102 valence electrons. The molecule has 0 spiro atoms. The maximum absolute atomic E-state index is 11.3. The highest BCUT2D eigenvalue weighted by Gasteiger charge is 2.30. The van der Waals surface area contributed by atoms with Crippen molar-refractivity contribution in [3.05, 3.63) is 28.8 Å². The van der Waals surface area contributed by atoms with E-state index in [0.29, 0.717) is 5.75 Å². The Hall–Kier alpha value is -2.43. The highest BCUT2D eigenvalue weighted by Crippen LogP contribution is 2.43. The molecule has 0 radical (unpaired) electrons. The predicted molar refractivity (Wildman–Crippen MR) is 79.1 cm³/mol. The lowest BCUT2D eigenvalue weighted by Crippen LogP contribution is -2.22. The van der Waals surface area contributed by atoms with Crippen molar-refractivity contribution in [2.24, 2.45) is 9.98 Å². The Kier molecular flexibility index (Phi) is 2.71. The molecule has 0 saturated heterocycles. The predicted octanol–water partition coefficient (Wildman–Crippen LogP) is 3.00. The number of carbonyl (C=O) groups excluding carboxylic acids is 1. The minimum absolute atomic E-state index is 0.487. The van der Waals surface area contributed by atoms with E-state index in [1.54, 1.807) is 6.07 Å². The fourth-order valence-corrected chi connectivity index (χ4v) is 2.51. The molecule has 20 heavy (non-hydrogen) atoms. The van der Waals surface area contributed by atoms with E-state index in [1.807, 2.05) is 19.9 Å². The minimum Gasteiger partial charge on any atom is -0.410 e. The van der Waals surface area contributed by atoms with Crippen LogP contribution in [-0.4, -0.2) is 24.7 Å². The number of aryl methyl sites for hydroxylation is 1. The minimum atomic E-state index is -0.487. The average molecular weight is 269 g/mol. The van der Waals surface area contributed by atoms with Crippen LogP contribution in [0.1, 0.15) is 25.0 Å². The van der Waals surface area contributed by atoms with Crippen LogP contribution in [0.4, 0.5) is 10.5 Å². The maximum Gasteiger partial charge on any atom is 0.412 e. The van der Waals surface area contributed by atoms with Crippen molar-refractivity contribution in [2.45, 2.75) is 20.8 Å². The highest BCUT2D eigenvalue weighted by atomic mass is 16.5. The van der Waals surface area contributed by atoms with E-state index in [-0.39, 0.29) is 0 Å². The smallest absolute Gasteiger partial charge is 0.410 e. The summed E-state index contributed by atoms with van der Waals surface area (Å²) in [5.41, 5.74) is 6.19. The van der Waals surface area contributed by atoms with Crippen molar-refractivity contribution < 1.29 is 9.53 Å². The summed E-state index contributed by atoms with van der Waals surface area (Å²) in [6, 6.07) is 3.62. The zero-order chi connectivity index (χ0) is 14.4. The van der Waals surface area contributed by atoms with Gasteiger partial charge in [0, 0.05) is 30.0 Å². The summed E-state index contributed by atoms with van der Waals surface area (Å²) < 4.78 is 5.17. The summed E-state index contributed by atoms with van der Waals surface area (Å²) in [5, 5.41) is 2.43. The first-order chi connectivity index (χ1) is 9.51. The largest absolute Gasteiger partial charge is 0.412 e. The monoisotopic (exact) mass is 269 g/mol. The fourth-order valence-electron chi connectivity index (χ4n) is 2.51. The van der Waals surface area contributed by atoms with Gasteiger partial charge in [0.05, 0.1) is 5.69 Å². The van der Waals surface area contributed by atoms with Crippen LogP contribution >= 0.6 is 0 Å². The number of carbonyl (C=O) groups is 1. The molecule has 0 aromatic heterocycles. The van der Waals surface area contributed by atoms with Crippen LogP contribution in [0, 0.1) is 6.92 Å². The van der Waals surface area contributed by atoms with Crippen molar-refractivity contribution in [1.82, 2.24) is 5.32 Å². The average Bonchev–Trinajstić information content (AvgIpc) is 2.87. The first-order valence-corrected chi connectivity index (χ1v) is 6.41. The Labute approximate surface area is 117 Å². The molecule has 2 aliphatic rings. The molecule has 1 amide bonds. The number of amides is 1. The number of nitrogens with zero attached hydrogens (tertiary/aromatic N) is 2. The molecule has 0 fully saturated rings. The lowest BCUT2D eigenvalue weighted by atomic mass is 9.96. The first-order valence-electron chi connectivity index (χ1n) is 6.41. The highest BCUT2D eigenvalue weighted by molar-refractivity contribution is 6.40. The Morgan fingerprint density at radius 3 is 2.65 bits per heavy atom. The molecular formula is C15H15N3O2. The van der Waals surface area contributed by atoms with Gasteiger partial charge in [-0.15, -0.1) is 0 Å². The zero-order valence-electron chi connectivity index (χ0n) is 11.9. The number of amidine groups is 1. The van der Waals surface area contributed by atoms with E-state index in [2.05, 4.69) is 22.2 Å². The molecule has 3 rings (SSSR count). The Bertz CT molecular complexity index is 727. The van der Waals surface area contributed by atoms with Crippen LogP contribution in [0.15, 0.2) is 27.7 Å². The molecule has 0 unspecified atom stereocenters. The zero-order valence-corrected chi connectivity index (χ0v) is 11.9. The van der Waals surface area contributed by atoms with Crippen LogP contribution in [0.5, 0.6) is 5.75 Å². The topological polar surface area (TPSA) is 63.0 Å². The Morgan fingerprint density at radius 2 is 1.95 bits per heavy atom. The van der Waals surface area contributed by atoms with E-state index in [9.17, 15) is 4.79 Å². The summed E-state index contributed by atoms with van der Waals surface area (Å²) in [5.74, 6) is 1.25. The van der Waals surface area contributed by atoms with Gasteiger partial charge >= 0.3 is 6.09 Å².